The molecule has 2 heterocycles. The molecule has 0 saturated carbocycles. The second kappa shape index (κ2) is 9.41. The fourth-order valence-corrected chi connectivity index (χ4v) is 3.33. The van der Waals surface area contributed by atoms with Gasteiger partial charge in [-0.3, -0.25) is 14.2 Å². The smallest absolute Gasteiger partial charge is 0.338 e. The minimum Gasteiger partial charge on any atom is -0.463 e. The maximum atomic E-state index is 12.6. The van der Waals surface area contributed by atoms with Crippen molar-refractivity contribution < 1.29 is 23.9 Å². The highest BCUT2D eigenvalue weighted by atomic mass is 16.5. The summed E-state index contributed by atoms with van der Waals surface area (Å²) in [7, 11) is 0. The first-order valence-corrected chi connectivity index (χ1v) is 9.89. The molecule has 0 bridgehead atoms. The molecule has 0 spiro atoms. The molecule has 1 atom stereocenters. The van der Waals surface area contributed by atoms with Crippen molar-refractivity contribution in [3.63, 3.8) is 0 Å². The molecule has 0 aliphatic carbocycles. The summed E-state index contributed by atoms with van der Waals surface area (Å²) in [5, 5.41) is 5.53. The number of aryl methyl sites for hydroxylation is 2. The van der Waals surface area contributed by atoms with E-state index in [9.17, 15) is 19.2 Å². The highest BCUT2D eigenvalue weighted by Crippen LogP contribution is 2.15. The van der Waals surface area contributed by atoms with Crippen LogP contribution in [0.15, 0.2) is 40.6 Å². The van der Waals surface area contributed by atoms with Gasteiger partial charge in [0, 0.05) is 6.54 Å². The molecule has 0 fully saturated rings. The number of fused-ring (bicyclic) bond motifs is 1. The van der Waals surface area contributed by atoms with E-state index < -0.39 is 24.0 Å². The molecule has 1 aromatic heterocycles. The Labute approximate surface area is 178 Å². The molecule has 10 heteroatoms. The van der Waals surface area contributed by atoms with Crippen molar-refractivity contribution in [3.8, 4) is 0 Å². The van der Waals surface area contributed by atoms with Crippen LogP contribution in [0, 0.1) is 6.92 Å². The Kier molecular flexibility index (Phi) is 6.68. The summed E-state index contributed by atoms with van der Waals surface area (Å²) in [6.07, 6.45) is 1.32. The first-order chi connectivity index (χ1) is 14.8. The molecule has 2 N–H and O–H groups in total. The van der Waals surface area contributed by atoms with Gasteiger partial charge in [0.05, 0.1) is 47.6 Å². The number of nitrogens with one attached hydrogen (secondary N) is 2. The van der Waals surface area contributed by atoms with Crippen LogP contribution in [0.2, 0.25) is 0 Å². The van der Waals surface area contributed by atoms with Crippen molar-refractivity contribution >= 4 is 28.9 Å². The van der Waals surface area contributed by atoms with E-state index in [0.29, 0.717) is 10.9 Å². The molecule has 0 saturated heterocycles. The Morgan fingerprint density at radius 3 is 2.74 bits per heavy atom. The highest BCUT2D eigenvalue weighted by Gasteiger charge is 2.30. The number of amides is 2. The number of ether oxygens (including phenoxy) is 2. The highest BCUT2D eigenvalue weighted by molar-refractivity contribution is 5.94. The third-order valence-corrected chi connectivity index (χ3v) is 4.86. The second-order valence-electron chi connectivity index (χ2n) is 7.06. The van der Waals surface area contributed by atoms with Crippen molar-refractivity contribution in [3.05, 3.63) is 51.7 Å². The van der Waals surface area contributed by atoms with E-state index in [1.165, 1.54) is 10.9 Å². The number of esters is 2. The van der Waals surface area contributed by atoms with Crippen LogP contribution in [0.5, 0.6) is 0 Å². The van der Waals surface area contributed by atoms with E-state index in [1.54, 1.807) is 26.0 Å². The first-order valence-electron chi connectivity index (χ1n) is 9.89. The minimum absolute atomic E-state index is 0.0807. The lowest BCUT2D eigenvalue weighted by atomic mass is 10.0. The van der Waals surface area contributed by atoms with Crippen LogP contribution in [0.25, 0.3) is 10.9 Å². The van der Waals surface area contributed by atoms with Crippen LogP contribution in [-0.2, 0) is 25.6 Å². The molecule has 1 aliphatic heterocycles. The molecule has 164 valence electrons. The van der Waals surface area contributed by atoms with Gasteiger partial charge in [0.1, 0.15) is 6.61 Å². The quantitative estimate of drug-likeness (QED) is 0.633. The third kappa shape index (κ3) is 4.90. The molecule has 2 amide bonds. The fraction of sp³-hybridized carbons (Fsp3) is 0.381. The number of benzene rings is 1. The van der Waals surface area contributed by atoms with Crippen molar-refractivity contribution in [2.75, 3.05) is 13.2 Å². The Balaban J connectivity index is 1.67. The number of hydrogen-bond acceptors (Lipinski definition) is 7. The van der Waals surface area contributed by atoms with Crippen molar-refractivity contribution in [2.45, 2.75) is 39.8 Å². The lowest BCUT2D eigenvalue weighted by molar-refractivity contribution is -0.144. The van der Waals surface area contributed by atoms with E-state index in [0.717, 1.165) is 5.56 Å². The number of carbonyl (C=O) groups is 3. The summed E-state index contributed by atoms with van der Waals surface area (Å²) < 4.78 is 11.6. The van der Waals surface area contributed by atoms with Crippen molar-refractivity contribution in [2.24, 2.45) is 0 Å². The summed E-state index contributed by atoms with van der Waals surface area (Å²) in [5.41, 5.74) is 1.64. The zero-order valence-corrected chi connectivity index (χ0v) is 17.6. The van der Waals surface area contributed by atoms with Gasteiger partial charge >= 0.3 is 18.0 Å². The number of para-hydroxylation sites is 1. The van der Waals surface area contributed by atoms with Crippen LogP contribution in [0.1, 0.15) is 25.8 Å². The molecular weight excluding hydrogens is 404 g/mol. The van der Waals surface area contributed by atoms with E-state index in [-0.39, 0.29) is 43.0 Å². The van der Waals surface area contributed by atoms with E-state index in [2.05, 4.69) is 15.6 Å². The summed E-state index contributed by atoms with van der Waals surface area (Å²) in [6.45, 7) is 5.13. The maximum absolute atomic E-state index is 12.6. The predicted molar refractivity (Wildman–Crippen MR) is 111 cm³/mol. The van der Waals surface area contributed by atoms with Gasteiger partial charge in [0.25, 0.3) is 5.56 Å². The largest absolute Gasteiger partial charge is 0.463 e. The molecule has 3 rings (SSSR count). The normalized spacial score (nSPS) is 16.0. The van der Waals surface area contributed by atoms with Gasteiger partial charge in [-0.25, -0.2) is 14.6 Å². The van der Waals surface area contributed by atoms with E-state index in [1.807, 2.05) is 13.0 Å². The maximum Gasteiger partial charge on any atom is 0.338 e. The predicted octanol–water partition coefficient (Wildman–Crippen LogP) is 1.16. The van der Waals surface area contributed by atoms with Crippen LogP contribution in [0.3, 0.4) is 0 Å². The Hall–Kier alpha value is -3.69. The van der Waals surface area contributed by atoms with Gasteiger partial charge in [-0.2, -0.15) is 0 Å². The molecule has 1 aliphatic rings. The average Bonchev–Trinajstić information content (AvgIpc) is 2.72. The second-order valence-corrected chi connectivity index (χ2v) is 7.06. The van der Waals surface area contributed by atoms with Gasteiger partial charge in [-0.15, -0.1) is 0 Å². The van der Waals surface area contributed by atoms with Crippen LogP contribution < -0.4 is 16.2 Å². The van der Waals surface area contributed by atoms with Crippen LogP contribution >= 0.6 is 0 Å². The lowest BCUT2D eigenvalue weighted by Crippen LogP contribution is -2.50. The van der Waals surface area contributed by atoms with E-state index in [4.69, 9.17) is 9.47 Å². The SMILES string of the molecule is CCOC(=O)C1=C(COC(=O)CCn2cnc3c(C)cccc3c2=O)NC(=O)NC1C. The van der Waals surface area contributed by atoms with Gasteiger partial charge in [-0.05, 0) is 32.4 Å². The Morgan fingerprint density at radius 2 is 2.00 bits per heavy atom. The number of aromatic nitrogens is 2. The molecule has 31 heavy (non-hydrogen) atoms. The van der Waals surface area contributed by atoms with Crippen LogP contribution in [0.4, 0.5) is 4.79 Å². The van der Waals surface area contributed by atoms with Gasteiger partial charge in [0.15, 0.2) is 0 Å². The number of hydrogen-bond donors (Lipinski definition) is 2. The zero-order valence-electron chi connectivity index (χ0n) is 17.6. The average molecular weight is 428 g/mol. The van der Waals surface area contributed by atoms with Crippen molar-refractivity contribution in [1.82, 2.24) is 20.2 Å². The van der Waals surface area contributed by atoms with Gasteiger partial charge in [0.2, 0.25) is 0 Å². The van der Waals surface area contributed by atoms with Crippen LogP contribution in [-0.4, -0.2) is 46.8 Å². The fourth-order valence-electron chi connectivity index (χ4n) is 3.33. The Morgan fingerprint density at radius 1 is 1.23 bits per heavy atom. The zero-order chi connectivity index (χ0) is 22.5. The molecule has 10 nitrogen and oxygen atoms in total. The van der Waals surface area contributed by atoms with E-state index >= 15 is 0 Å². The molecule has 1 unspecified atom stereocenters. The Bertz CT molecular complexity index is 1120. The monoisotopic (exact) mass is 428 g/mol. The van der Waals surface area contributed by atoms with Gasteiger partial charge in [-0.1, -0.05) is 12.1 Å². The standard InChI is InChI=1S/C21H24N4O6/c1-4-30-20(28)17-13(3)23-21(29)24-15(17)10-31-16(26)8-9-25-11-22-18-12(2)6-5-7-14(18)19(25)27/h5-7,11,13H,4,8-10H2,1-3H3,(H2,23,24,29). The number of nitrogens with zero attached hydrogens (tertiary/aromatic N) is 2. The summed E-state index contributed by atoms with van der Waals surface area (Å²) in [5.74, 6) is -1.19. The molecular formula is C21H24N4O6. The molecule has 0 radical (unpaired) electrons. The number of rotatable bonds is 7. The summed E-state index contributed by atoms with van der Waals surface area (Å²) in [4.78, 5) is 53.1. The molecule has 1 aromatic carbocycles. The first kappa shape index (κ1) is 22.0. The minimum atomic E-state index is -0.599. The van der Waals surface area contributed by atoms with Crippen molar-refractivity contribution in [1.29, 1.82) is 0 Å². The number of carbonyl (C=O) groups excluding carboxylic acids is 3. The molecule has 2 aromatic rings. The lowest BCUT2D eigenvalue weighted by Gasteiger charge is -2.26. The third-order valence-electron chi connectivity index (χ3n) is 4.86. The van der Waals surface area contributed by atoms with Gasteiger partial charge < -0.3 is 20.1 Å². The topological polar surface area (TPSA) is 129 Å². The number of urea groups is 1. The summed E-state index contributed by atoms with van der Waals surface area (Å²) >= 11 is 0. The summed E-state index contributed by atoms with van der Waals surface area (Å²) in [6, 6.07) is 4.25.